The Hall–Kier alpha value is -4.56. The van der Waals surface area contributed by atoms with Crippen LogP contribution in [0, 0.1) is 5.82 Å². The smallest absolute Gasteiger partial charge is 0.225 e. The van der Waals surface area contributed by atoms with Crippen molar-refractivity contribution in [2.45, 2.75) is 31.4 Å². The van der Waals surface area contributed by atoms with Gasteiger partial charge in [0, 0.05) is 17.9 Å². The van der Waals surface area contributed by atoms with Crippen LogP contribution in [0.5, 0.6) is 5.75 Å². The highest BCUT2D eigenvalue weighted by Crippen LogP contribution is 2.38. The van der Waals surface area contributed by atoms with E-state index >= 15 is 0 Å². The Morgan fingerprint density at radius 3 is 2.33 bits per heavy atom. The summed E-state index contributed by atoms with van der Waals surface area (Å²) in [5, 5.41) is 18.7. The Morgan fingerprint density at radius 2 is 1.60 bits per heavy atom. The quantitative estimate of drug-likeness (QED) is 0.261. The van der Waals surface area contributed by atoms with Gasteiger partial charge >= 0.3 is 0 Å². The van der Waals surface area contributed by atoms with Crippen molar-refractivity contribution in [3.8, 4) is 16.9 Å². The summed E-state index contributed by atoms with van der Waals surface area (Å²) >= 11 is 6.06. The minimum Gasteiger partial charge on any atom is -0.489 e. The molecule has 0 spiro atoms. The van der Waals surface area contributed by atoms with Gasteiger partial charge < -0.3 is 10.1 Å². The Balaban J connectivity index is 1.14. The molecule has 0 aliphatic heterocycles. The Morgan fingerprint density at radius 1 is 0.900 bits per heavy atom. The number of amides is 1. The second-order valence-electron chi connectivity index (χ2n) is 9.95. The number of carbonyl (C=O) groups is 1. The lowest BCUT2D eigenvalue weighted by Gasteiger charge is -2.27. The van der Waals surface area contributed by atoms with Crippen molar-refractivity contribution >= 4 is 17.5 Å². The number of aromatic amines is 1. The van der Waals surface area contributed by atoms with Crippen LogP contribution in [0.3, 0.4) is 0 Å². The molecule has 4 aromatic carbocycles. The first kappa shape index (κ1) is 25.7. The maximum atomic E-state index is 13.3. The van der Waals surface area contributed by atoms with Gasteiger partial charge in [-0.3, -0.25) is 4.79 Å². The fourth-order valence-corrected chi connectivity index (χ4v) is 5.24. The third kappa shape index (κ3) is 5.58. The molecule has 2 N–H and O–H groups in total. The van der Waals surface area contributed by atoms with E-state index in [1.165, 1.54) is 12.1 Å². The SMILES string of the molecule is O=C(Cc1ccc(OCc2ccc(F)cc2)cc1)NC1(c2nn[nH]n2)Cc2ccc(-c3ccc(Cl)cc3)cc2C1. The fraction of sp³-hybridized carbons (Fsp3) is 0.161. The Kier molecular flexibility index (Phi) is 7.00. The van der Waals surface area contributed by atoms with Crippen molar-refractivity contribution in [3.63, 3.8) is 0 Å². The molecule has 200 valence electrons. The topological polar surface area (TPSA) is 92.8 Å². The predicted octanol–water partition coefficient (Wildman–Crippen LogP) is 5.59. The van der Waals surface area contributed by atoms with Crippen molar-refractivity contribution in [2.75, 3.05) is 0 Å². The summed E-state index contributed by atoms with van der Waals surface area (Å²) in [5.41, 5.74) is 5.31. The molecule has 0 bridgehead atoms. The predicted molar refractivity (Wildman–Crippen MR) is 149 cm³/mol. The highest BCUT2D eigenvalue weighted by Gasteiger charge is 2.43. The summed E-state index contributed by atoms with van der Waals surface area (Å²) in [4.78, 5) is 13.3. The van der Waals surface area contributed by atoms with Crippen LogP contribution in [-0.2, 0) is 36.2 Å². The number of halogens is 2. The molecule has 6 rings (SSSR count). The lowest BCUT2D eigenvalue weighted by Crippen LogP contribution is -2.48. The molecule has 1 aliphatic carbocycles. The molecular weight excluding hydrogens is 529 g/mol. The van der Waals surface area contributed by atoms with Gasteiger partial charge in [-0.15, -0.1) is 10.2 Å². The van der Waals surface area contributed by atoms with E-state index in [9.17, 15) is 9.18 Å². The van der Waals surface area contributed by atoms with Gasteiger partial charge in [-0.05, 0) is 69.8 Å². The van der Waals surface area contributed by atoms with Crippen LogP contribution in [0.25, 0.3) is 11.1 Å². The molecule has 0 fully saturated rings. The molecular formula is C31H25ClFN5O2. The molecule has 0 radical (unpaired) electrons. The summed E-state index contributed by atoms with van der Waals surface area (Å²) in [5.74, 6) is 0.696. The first-order chi connectivity index (χ1) is 19.5. The van der Waals surface area contributed by atoms with Crippen molar-refractivity contribution in [1.29, 1.82) is 0 Å². The van der Waals surface area contributed by atoms with Gasteiger partial charge in [0.25, 0.3) is 0 Å². The number of fused-ring (bicyclic) bond motifs is 1. The van der Waals surface area contributed by atoms with Crippen molar-refractivity contribution in [3.05, 3.63) is 130 Å². The zero-order chi connectivity index (χ0) is 27.5. The highest BCUT2D eigenvalue weighted by molar-refractivity contribution is 6.30. The first-order valence-corrected chi connectivity index (χ1v) is 13.2. The van der Waals surface area contributed by atoms with Gasteiger partial charge in [0.15, 0.2) is 0 Å². The number of tetrazole rings is 1. The molecule has 1 atom stereocenters. The molecule has 0 saturated carbocycles. The molecule has 7 nitrogen and oxygen atoms in total. The number of ether oxygens (including phenoxy) is 1. The second-order valence-corrected chi connectivity index (χ2v) is 10.4. The normalized spacial score (nSPS) is 15.9. The van der Waals surface area contributed by atoms with Gasteiger partial charge in [-0.25, -0.2) is 4.39 Å². The van der Waals surface area contributed by atoms with E-state index in [0.717, 1.165) is 33.4 Å². The van der Waals surface area contributed by atoms with E-state index < -0.39 is 5.54 Å². The van der Waals surface area contributed by atoms with Crippen LogP contribution >= 0.6 is 11.6 Å². The molecule has 9 heteroatoms. The van der Waals surface area contributed by atoms with Crippen LogP contribution < -0.4 is 10.1 Å². The summed E-state index contributed by atoms with van der Waals surface area (Å²) in [6.07, 6.45) is 1.29. The zero-order valence-corrected chi connectivity index (χ0v) is 22.2. The maximum absolute atomic E-state index is 13.3. The molecule has 5 aromatic rings. The standard InChI is InChI=1S/C31H25ClFN5O2/c32-26-9-7-22(8-10-26)23-5-6-24-17-31(18-25(24)16-23,30-35-37-38-36-30)34-29(39)15-20-3-13-28(14-4-20)40-19-21-1-11-27(33)12-2-21/h1-14,16H,15,17-19H2,(H,34,39)(H,35,36,37,38). The molecule has 1 aliphatic rings. The lowest BCUT2D eigenvalue weighted by atomic mass is 9.94. The molecule has 1 aromatic heterocycles. The van der Waals surface area contributed by atoms with Gasteiger partial charge in [0.1, 0.15) is 23.7 Å². The van der Waals surface area contributed by atoms with Crippen LogP contribution in [0.1, 0.15) is 28.1 Å². The maximum Gasteiger partial charge on any atom is 0.225 e. The van der Waals surface area contributed by atoms with Crippen molar-refractivity contribution < 1.29 is 13.9 Å². The van der Waals surface area contributed by atoms with Gasteiger partial charge in [0.2, 0.25) is 11.7 Å². The van der Waals surface area contributed by atoms with E-state index in [2.05, 4.69) is 44.1 Å². The van der Waals surface area contributed by atoms with E-state index in [1.807, 2.05) is 48.5 Å². The van der Waals surface area contributed by atoms with E-state index in [-0.39, 0.29) is 18.1 Å². The molecule has 1 unspecified atom stereocenters. The fourth-order valence-electron chi connectivity index (χ4n) is 5.11. The second kappa shape index (κ2) is 10.9. The summed E-state index contributed by atoms with van der Waals surface area (Å²) < 4.78 is 18.9. The number of hydrogen-bond donors (Lipinski definition) is 2. The minimum atomic E-state index is -0.802. The summed E-state index contributed by atoms with van der Waals surface area (Å²) in [6.45, 7) is 0.327. The third-order valence-corrected chi connectivity index (χ3v) is 7.38. The molecule has 1 heterocycles. The molecule has 0 saturated heterocycles. The number of hydrogen-bond acceptors (Lipinski definition) is 5. The number of carbonyl (C=O) groups excluding carboxylic acids is 1. The van der Waals surface area contributed by atoms with E-state index in [0.29, 0.717) is 36.0 Å². The summed E-state index contributed by atoms with van der Waals surface area (Å²) in [7, 11) is 0. The molecule has 1 amide bonds. The number of aromatic nitrogens is 4. The largest absolute Gasteiger partial charge is 0.489 e. The number of benzene rings is 4. The van der Waals surface area contributed by atoms with Gasteiger partial charge in [-0.2, -0.15) is 5.21 Å². The Labute approximate surface area is 235 Å². The van der Waals surface area contributed by atoms with E-state index in [1.54, 1.807) is 12.1 Å². The van der Waals surface area contributed by atoms with Crippen LogP contribution in [0.2, 0.25) is 5.02 Å². The van der Waals surface area contributed by atoms with Crippen molar-refractivity contribution in [2.24, 2.45) is 0 Å². The number of H-pyrrole nitrogens is 1. The average molecular weight is 554 g/mol. The third-order valence-electron chi connectivity index (χ3n) is 7.13. The number of rotatable bonds is 8. The van der Waals surface area contributed by atoms with Crippen molar-refractivity contribution in [1.82, 2.24) is 25.9 Å². The number of nitrogens with one attached hydrogen (secondary N) is 2. The van der Waals surface area contributed by atoms with Gasteiger partial charge in [-0.1, -0.05) is 71.4 Å². The zero-order valence-electron chi connectivity index (χ0n) is 21.4. The molecule has 40 heavy (non-hydrogen) atoms. The van der Waals surface area contributed by atoms with E-state index in [4.69, 9.17) is 16.3 Å². The van der Waals surface area contributed by atoms with Crippen LogP contribution in [0.15, 0.2) is 91.0 Å². The lowest BCUT2D eigenvalue weighted by molar-refractivity contribution is -0.122. The monoisotopic (exact) mass is 553 g/mol. The van der Waals surface area contributed by atoms with Crippen LogP contribution in [-0.4, -0.2) is 26.5 Å². The minimum absolute atomic E-state index is 0.143. The number of nitrogens with zero attached hydrogens (tertiary/aromatic N) is 3. The van der Waals surface area contributed by atoms with Crippen LogP contribution in [0.4, 0.5) is 4.39 Å². The van der Waals surface area contributed by atoms with Gasteiger partial charge in [0.05, 0.1) is 6.42 Å². The highest BCUT2D eigenvalue weighted by atomic mass is 35.5. The first-order valence-electron chi connectivity index (χ1n) is 12.8. The Bertz CT molecular complexity index is 1620. The summed E-state index contributed by atoms with van der Waals surface area (Å²) in [6, 6.07) is 27.6. The average Bonchev–Trinajstić information content (AvgIpc) is 3.63.